The normalized spacial score (nSPS) is 17.2. The molecule has 0 saturated heterocycles. The molecule has 112 valence electrons. The Morgan fingerprint density at radius 3 is 2.90 bits per heavy atom. The number of carbonyl (C=O) groups excluding carboxylic acids is 1. The van der Waals surface area contributed by atoms with E-state index in [0.717, 1.165) is 42.1 Å². The van der Waals surface area contributed by atoms with Gasteiger partial charge in [0.05, 0.1) is 5.54 Å². The molecular weight excluding hydrogens is 269 g/mol. The summed E-state index contributed by atoms with van der Waals surface area (Å²) in [4.78, 5) is 15.2. The van der Waals surface area contributed by atoms with Crippen molar-refractivity contribution in [2.45, 2.75) is 37.6 Å². The number of carbonyl (C=O) groups is 1. The van der Waals surface area contributed by atoms with Gasteiger partial charge in [0, 0.05) is 23.6 Å². The number of benzene rings is 1. The van der Waals surface area contributed by atoms with E-state index in [-0.39, 0.29) is 11.7 Å². The van der Waals surface area contributed by atoms with Gasteiger partial charge in [0.2, 0.25) is 5.91 Å². The zero-order chi connectivity index (χ0) is 14.9. The molecule has 0 bridgehead atoms. The molecule has 0 unspecified atom stereocenters. The highest BCUT2D eigenvalue weighted by atomic mass is 19.1. The quantitative estimate of drug-likeness (QED) is 0.807. The maximum absolute atomic E-state index is 13.1. The Bertz CT molecular complexity index is 659. The molecule has 1 saturated carbocycles. The van der Waals surface area contributed by atoms with Crippen molar-refractivity contribution in [3.63, 3.8) is 0 Å². The molecule has 0 atom stereocenters. The molecule has 3 rings (SSSR count). The summed E-state index contributed by atoms with van der Waals surface area (Å²) in [5.41, 5.74) is 7.28. The van der Waals surface area contributed by atoms with Gasteiger partial charge in [-0.05, 0) is 43.0 Å². The lowest BCUT2D eigenvalue weighted by molar-refractivity contribution is -0.126. The summed E-state index contributed by atoms with van der Waals surface area (Å²) in [5, 5.41) is 3.92. The number of hydrogen-bond acceptors (Lipinski definition) is 2. The van der Waals surface area contributed by atoms with E-state index in [9.17, 15) is 9.18 Å². The fourth-order valence-corrected chi connectivity index (χ4v) is 3.09. The Labute approximate surface area is 122 Å². The fourth-order valence-electron chi connectivity index (χ4n) is 3.09. The lowest BCUT2D eigenvalue weighted by atomic mass is 9.98. The average molecular weight is 289 g/mol. The number of hydrogen-bond donors (Lipinski definition) is 3. The van der Waals surface area contributed by atoms with Gasteiger partial charge in [0.25, 0.3) is 0 Å². The molecule has 1 aliphatic rings. The molecule has 4 N–H and O–H groups in total. The highest BCUT2D eigenvalue weighted by Crippen LogP contribution is 2.27. The monoisotopic (exact) mass is 289 g/mol. The Kier molecular flexibility index (Phi) is 3.68. The van der Waals surface area contributed by atoms with Crippen LogP contribution in [0.1, 0.15) is 31.2 Å². The molecule has 1 heterocycles. The van der Waals surface area contributed by atoms with Gasteiger partial charge < -0.3 is 16.0 Å². The van der Waals surface area contributed by atoms with Crippen LogP contribution in [0.2, 0.25) is 0 Å². The third kappa shape index (κ3) is 2.78. The van der Waals surface area contributed by atoms with Crippen molar-refractivity contribution in [3.8, 4) is 0 Å². The molecule has 21 heavy (non-hydrogen) atoms. The highest BCUT2D eigenvalue weighted by molar-refractivity contribution is 5.86. The standard InChI is InChI=1S/C16H20FN3O/c17-12-3-4-13-11(10-20-14(13)9-12)5-8-19-15(21)16(18)6-1-2-7-16/h3-4,9-10,20H,1-2,5-8,18H2,(H,19,21). The number of nitrogens with one attached hydrogen (secondary N) is 2. The molecule has 0 spiro atoms. The van der Waals surface area contributed by atoms with E-state index in [1.165, 1.54) is 12.1 Å². The third-order valence-electron chi connectivity index (χ3n) is 4.36. The number of rotatable bonds is 4. The Balaban J connectivity index is 1.61. The summed E-state index contributed by atoms with van der Waals surface area (Å²) in [7, 11) is 0. The van der Waals surface area contributed by atoms with Crippen LogP contribution in [0.4, 0.5) is 4.39 Å². The minimum atomic E-state index is -0.677. The molecule has 2 aromatic rings. The van der Waals surface area contributed by atoms with E-state index in [2.05, 4.69) is 10.3 Å². The van der Waals surface area contributed by atoms with Gasteiger partial charge in [-0.3, -0.25) is 4.79 Å². The summed E-state index contributed by atoms with van der Waals surface area (Å²) in [6.45, 7) is 0.544. The van der Waals surface area contributed by atoms with Gasteiger partial charge in [0.1, 0.15) is 5.82 Å². The van der Waals surface area contributed by atoms with Crippen LogP contribution in [0.15, 0.2) is 24.4 Å². The van der Waals surface area contributed by atoms with E-state index in [0.29, 0.717) is 13.0 Å². The summed E-state index contributed by atoms with van der Waals surface area (Å²) in [5.74, 6) is -0.304. The van der Waals surface area contributed by atoms with Crippen LogP contribution >= 0.6 is 0 Å². The van der Waals surface area contributed by atoms with Crippen molar-refractivity contribution < 1.29 is 9.18 Å². The van der Waals surface area contributed by atoms with Gasteiger partial charge in [-0.1, -0.05) is 12.8 Å². The first-order valence-corrected chi connectivity index (χ1v) is 7.41. The summed E-state index contributed by atoms with van der Waals surface area (Å²) < 4.78 is 13.1. The Morgan fingerprint density at radius 2 is 2.14 bits per heavy atom. The second-order valence-corrected chi connectivity index (χ2v) is 5.87. The van der Waals surface area contributed by atoms with Gasteiger partial charge in [0.15, 0.2) is 0 Å². The maximum Gasteiger partial charge on any atom is 0.240 e. The third-order valence-corrected chi connectivity index (χ3v) is 4.36. The van der Waals surface area contributed by atoms with Crippen molar-refractivity contribution in [1.82, 2.24) is 10.3 Å². The van der Waals surface area contributed by atoms with Gasteiger partial charge in [-0.2, -0.15) is 0 Å². The number of halogens is 1. The second kappa shape index (κ2) is 5.48. The van der Waals surface area contributed by atoms with E-state index >= 15 is 0 Å². The minimum Gasteiger partial charge on any atom is -0.361 e. The van der Waals surface area contributed by atoms with Crippen LogP contribution in [0.3, 0.4) is 0 Å². The largest absolute Gasteiger partial charge is 0.361 e. The van der Waals surface area contributed by atoms with Gasteiger partial charge in [-0.15, -0.1) is 0 Å². The van der Waals surface area contributed by atoms with Crippen molar-refractivity contribution in [3.05, 3.63) is 35.8 Å². The van der Waals surface area contributed by atoms with Crippen LogP contribution in [-0.4, -0.2) is 23.0 Å². The molecule has 1 fully saturated rings. The lowest BCUT2D eigenvalue weighted by Crippen LogP contribution is -2.52. The molecule has 5 heteroatoms. The van der Waals surface area contributed by atoms with Gasteiger partial charge in [-0.25, -0.2) is 4.39 Å². The zero-order valence-electron chi connectivity index (χ0n) is 11.9. The van der Waals surface area contributed by atoms with E-state index in [1.807, 2.05) is 6.20 Å². The number of aromatic nitrogens is 1. The van der Waals surface area contributed by atoms with Crippen LogP contribution in [-0.2, 0) is 11.2 Å². The molecule has 1 aromatic heterocycles. The first kappa shape index (κ1) is 14.1. The first-order chi connectivity index (χ1) is 10.1. The number of nitrogens with two attached hydrogens (primary N) is 1. The van der Waals surface area contributed by atoms with E-state index in [1.54, 1.807) is 6.07 Å². The van der Waals surface area contributed by atoms with Crippen molar-refractivity contribution in [2.75, 3.05) is 6.54 Å². The van der Waals surface area contributed by atoms with Crippen LogP contribution in [0.25, 0.3) is 10.9 Å². The fraction of sp³-hybridized carbons (Fsp3) is 0.438. The van der Waals surface area contributed by atoms with Crippen molar-refractivity contribution in [1.29, 1.82) is 0 Å². The molecule has 0 radical (unpaired) electrons. The predicted molar refractivity (Wildman–Crippen MR) is 80.4 cm³/mol. The van der Waals surface area contributed by atoms with Crippen molar-refractivity contribution in [2.24, 2.45) is 5.73 Å². The molecule has 1 aromatic carbocycles. The summed E-state index contributed by atoms with van der Waals surface area (Å²) >= 11 is 0. The Morgan fingerprint density at radius 1 is 1.38 bits per heavy atom. The molecule has 1 aliphatic carbocycles. The summed E-state index contributed by atoms with van der Waals surface area (Å²) in [6, 6.07) is 4.69. The van der Waals surface area contributed by atoms with Crippen LogP contribution < -0.4 is 11.1 Å². The Hall–Kier alpha value is -1.88. The minimum absolute atomic E-state index is 0.0501. The number of aromatic amines is 1. The number of fused-ring (bicyclic) bond motifs is 1. The lowest BCUT2D eigenvalue weighted by Gasteiger charge is -2.22. The maximum atomic E-state index is 13.1. The van der Waals surface area contributed by atoms with Crippen molar-refractivity contribution >= 4 is 16.8 Å². The van der Waals surface area contributed by atoms with E-state index < -0.39 is 5.54 Å². The van der Waals surface area contributed by atoms with Crippen LogP contribution in [0, 0.1) is 5.82 Å². The number of H-pyrrole nitrogens is 1. The average Bonchev–Trinajstić information content (AvgIpc) is 3.06. The van der Waals surface area contributed by atoms with Crippen LogP contribution in [0.5, 0.6) is 0 Å². The topological polar surface area (TPSA) is 70.9 Å². The molecule has 4 nitrogen and oxygen atoms in total. The molecule has 0 aliphatic heterocycles. The first-order valence-electron chi connectivity index (χ1n) is 7.41. The SMILES string of the molecule is NC1(C(=O)NCCc2c[nH]c3cc(F)ccc23)CCCC1. The molecule has 1 amide bonds. The van der Waals surface area contributed by atoms with Gasteiger partial charge >= 0.3 is 0 Å². The second-order valence-electron chi connectivity index (χ2n) is 5.87. The molecular formula is C16H20FN3O. The van der Waals surface area contributed by atoms with E-state index in [4.69, 9.17) is 5.73 Å². The predicted octanol–water partition coefficient (Wildman–Crippen LogP) is 2.24. The number of amides is 1. The smallest absolute Gasteiger partial charge is 0.240 e. The summed E-state index contributed by atoms with van der Waals surface area (Å²) in [6.07, 6.45) is 6.16. The zero-order valence-corrected chi connectivity index (χ0v) is 11.9. The highest BCUT2D eigenvalue weighted by Gasteiger charge is 2.36.